The summed E-state index contributed by atoms with van der Waals surface area (Å²) in [6.07, 6.45) is 0.448. The van der Waals surface area contributed by atoms with Gasteiger partial charge in [0.25, 0.3) is 0 Å². The van der Waals surface area contributed by atoms with Gasteiger partial charge in [-0.05, 0) is 62.1 Å². The molecule has 0 aromatic heterocycles. The number of amides is 1. The highest BCUT2D eigenvalue weighted by molar-refractivity contribution is 7.89. The van der Waals surface area contributed by atoms with Gasteiger partial charge in [0, 0.05) is 18.7 Å². The van der Waals surface area contributed by atoms with Crippen molar-refractivity contribution in [3.63, 3.8) is 0 Å². The SMILES string of the molecule is CC(=O)c1cccc(S(=O)(=O)N2CCC(C(=O)Nc3cc(C)ccc3F)(c3ccccc3)CC2)c1. The lowest BCUT2D eigenvalue weighted by Crippen LogP contribution is -2.51. The van der Waals surface area contributed by atoms with Gasteiger partial charge in [-0.25, -0.2) is 12.8 Å². The van der Waals surface area contributed by atoms with E-state index in [-0.39, 0.29) is 48.2 Å². The van der Waals surface area contributed by atoms with Crippen LogP contribution in [0.3, 0.4) is 0 Å². The number of nitrogens with one attached hydrogen (secondary N) is 1. The summed E-state index contributed by atoms with van der Waals surface area (Å²) in [6.45, 7) is 3.40. The van der Waals surface area contributed by atoms with Crippen LogP contribution in [0.15, 0.2) is 77.7 Å². The highest BCUT2D eigenvalue weighted by Gasteiger charge is 2.45. The number of carbonyl (C=O) groups excluding carboxylic acids is 2. The van der Waals surface area contributed by atoms with Gasteiger partial charge in [0.05, 0.1) is 16.0 Å². The average molecular weight is 495 g/mol. The molecule has 4 rings (SSSR count). The van der Waals surface area contributed by atoms with Crippen LogP contribution in [-0.4, -0.2) is 37.5 Å². The summed E-state index contributed by atoms with van der Waals surface area (Å²) in [4.78, 5) is 25.4. The Morgan fingerprint density at radius 1 is 0.943 bits per heavy atom. The van der Waals surface area contributed by atoms with E-state index in [2.05, 4.69) is 5.32 Å². The number of piperidine rings is 1. The molecule has 1 saturated heterocycles. The van der Waals surface area contributed by atoms with E-state index >= 15 is 0 Å². The van der Waals surface area contributed by atoms with Crippen molar-refractivity contribution in [3.05, 3.63) is 95.3 Å². The van der Waals surface area contributed by atoms with Gasteiger partial charge in [0.15, 0.2) is 5.78 Å². The number of sulfonamides is 1. The zero-order valence-electron chi connectivity index (χ0n) is 19.6. The van der Waals surface area contributed by atoms with Crippen LogP contribution in [-0.2, 0) is 20.2 Å². The molecule has 1 aliphatic rings. The van der Waals surface area contributed by atoms with Crippen LogP contribution < -0.4 is 5.32 Å². The number of aryl methyl sites for hydroxylation is 1. The Morgan fingerprint density at radius 2 is 1.63 bits per heavy atom. The molecule has 6 nitrogen and oxygen atoms in total. The number of anilines is 1. The average Bonchev–Trinajstić information content (AvgIpc) is 2.86. The Morgan fingerprint density at radius 3 is 2.29 bits per heavy atom. The molecule has 8 heteroatoms. The lowest BCUT2D eigenvalue weighted by atomic mass is 9.72. The lowest BCUT2D eigenvalue weighted by Gasteiger charge is -2.40. The maximum absolute atomic E-state index is 14.4. The molecule has 0 bridgehead atoms. The van der Waals surface area contributed by atoms with Crippen molar-refractivity contribution >= 4 is 27.4 Å². The van der Waals surface area contributed by atoms with Crippen LogP contribution in [0, 0.1) is 12.7 Å². The van der Waals surface area contributed by atoms with E-state index in [0.717, 1.165) is 11.1 Å². The first-order valence-electron chi connectivity index (χ1n) is 11.4. The Bertz CT molecular complexity index is 1360. The molecule has 0 atom stereocenters. The molecule has 1 amide bonds. The second-order valence-electron chi connectivity index (χ2n) is 8.87. The van der Waals surface area contributed by atoms with E-state index in [9.17, 15) is 22.4 Å². The summed E-state index contributed by atoms with van der Waals surface area (Å²) in [6, 6.07) is 19.7. The van der Waals surface area contributed by atoms with Gasteiger partial charge < -0.3 is 5.32 Å². The minimum Gasteiger partial charge on any atom is -0.323 e. The molecule has 182 valence electrons. The number of benzene rings is 3. The molecule has 3 aromatic rings. The molecule has 0 aliphatic carbocycles. The van der Waals surface area contributed by atoms with Crippen LogP contribution in [0.2, 0.25) is 0 Å². The van der Waals surface area contributed by atoms with Crippen molar-refractivity contribution in [2.24, 2.45) is 0 Å². The topological polar surface area (TPSA) is 83.6 Å². The van der Waals surface area contributed by atoms with Gasteiger partial charge in [-0.1, -0.05) is 48.5 Å². The van der Waals surface area contributed by atoms with Crippen molar-refractivity contribution in [3.8, 4) is 0 Å². The van der Waals surface area contributed by atoms with Crippen molar-refractivity contribution in [2.45, 2.75) is 37.0 Å². The van der Waals surface area contributed by atoms with E-state index in [1.165, 1.54) is 29.4 Å². The summed E-state index contributed by atoms with van der Waals surface area (Å²) in [5.41, 5.74) is 0.957. The third-order valence-corrected chi connectivity index (χ3v) is 8.48. The zero-order valence-corrected chi connectivity index (χ0v) is 20.4. The van der Waals surface area contributed by atoms with E-state index in [0.29, 0.717) is 5.56 Å². The minimum absolute atomic E-state index is 0.0451. The number of ketones is 1. The molecule has 0 radical (unpaired) electrons. The first-order valence-corrected chi connectivity index (χ1v) is 12.8. The number of carbonyl (C=O) groups is 2. The quantitative estimate of drug-likeness (QED) is 0.504. The summed E-state index contributed by atoms with van der Waals surface area (Å²) >= 11 is 0. The highest BCUT2D eigenvalue weighted by Crippen LogP contribution is 2.38. The monoisotopic (exact) mass is 494 g/mol. The number of nitrogens with zero attached hydrogens (tertiary/aromatic N) is 1. The van der Waals surface area contributed by atoms with Crippen molar-refractivity contribution < 1.29 is 22.4 Å². The van der Waals surface area contributed by atoms with E-state index in [4.69, 9.17) is 0 Å². The number of rotatable bonds is 6. The van der Waals surface area contributed by atoms with Crippen molar-refractivity contribution in [2.75, 3.05) is 18.4 Å². The molecule has 1 heterocycles. The molecule has 0 spiro atoms. The molecular weight excluding hydrogens is 467 g/mol. The van der Waals surface area contributed by atoms with Gasteiger partial charge in [-0.15, -0.1) is 0 Å². The van der Waals surface area contributed by atoms with Crippen LogP contribution in [0.25, 0.3) is 0 Å². The molecule has 0 unspecified atom stereocenters. The van der Waals surface area contributed by atoms with Crippen LogP contribution >= 0.6 is 0 Å². The molecule has 1 aliphatic heterocycles. The lowest BCUT2D eigenvalue weighted by molar-refractivity contribution is -0.123. The molecule has 3 aromatic carbocycles. The summed E-state index contributed by atoms with van der Waals surface area (Å²) < 4.78 is 42.4. The summed E-state index contributed by atoms with van der Waals surface area (Å²) in [7, 11) is -3.86. The fraction of sp³-hybridized carbons (Fsp3) is 0.259. The third kappa shape index (κ3) is 4.90. The van der Waals surface area contributed by atoms with Gasteiger partial charge >= 0.3 is 0 Å². The number of hydrogen-bond donors (Lipinski definition) is 1. The first-order chi connectivity index (χ1) is 16.6. The molecule has 0 saturated carbocycles. The smallest absolute Gasteiger partial charge is 0.243 e. The fourth-order valence-corrected chi connectivity index (χ4v) is 6.00. The van der Waals surface area contributed by atoms with Crippen LogP contribution in [0.1, 0.15) is 41.3 Å². The van der Waals surface area contributed by atoms with E-state index in [1.807, 2.05) is 37.3 Å². The normalized spacial score (nSPS) is 16.0. The van der Waals surface area contributed by atoms with Crippen LogP contribution in [0.5, 0.6) is 0 Å². The van der Waals surface area contributed by atoms with Gasteiger partial charge in [-0.2, -0.15) is 4.31 Å². The van der Waals surface area contributed by atoms with Crippen molar-refractivity contribution in [1.29, 1.82) is 0 Å². The number of Topliss-reactive ketones (excluding diaryl/α,β-unsaturated/α-hetero) is 1. The standard InChI is InChI=1S/C27H27FN2O4S/c1-19-11-12-24(28)25(17-19)29-26(32)27(22-8-4-3-5-9-22)13-15-30(16-14-27)35(33,34)23-10-6-7-21(18-23)20(2)31/h3-12,17-18H,13-16H2,1-2H3,(H,29,32). The minimum atomic E-state index is -3.86. The summed E-state index contributed by atoms with van der Waals surface area (Å²) in [5, 5.41) is 2.75. The Balaban J connectivity index is 1.63. The van der Waals surface area contributed by atoms with Crippen LogP contribution in [0.4, 0.5) is 10.1 Å². The fourth-order valence-electron chi connectivity index (χ4n) is 4.51. The predicted molar refractivity (Wildman–Crippen MR) is 132 cm³/mol. The van der Waals surface area contributed by atoms with Gasteiger partial charge in [0.2, 0.25) is 15.9 Å². The number of halogens is 1. The molecule has 1 fully saturated rings. The largest absolute Gasteiger partial charge is 0.323 e. The van der Waals surface area contributed by atoms with Gasteiger partial charge in [0.1, 0.15) is 5.82 Å². The maximum Gasteiger partial charge on any atom is 0.243 e. The number of hydrogen-bond acceptors (Lipinski definition) is 4. The van der Waals surface area contributed by atoms with Crippen molar-refractivity contribution in [1.82, 2.24) is 4.31 Å². The summed E-state index contributed by atoms with van der Waals surface area (Å²) in [5.74, 6) is -1.12. The second kappa shape index (κ2) is 9.71. The second-order valence-corrected chi connectivity index (χ2v) is 10.8. The zero-order chi connectivity index (χ0) is 25.2. The van der Waals surface area contributed by atoms with E-state index in [1.54, 1.807) is 24.3 Å². The first kappa shape index (κ1) is 24.8. The Kier molecular flexibility index (Phi) is 6.87. The maximum atomic E-state index is 14.4. The Hall–Kier alpha value is -3.36. The Labute approximate surface area is 204 Å². The molecular formula is C27H27FN2O4S. The van der Waals surface area contributed by atoms with E-state index < -0.39 is 21.3 Å². The molecule has 1 N–H and O–H groups in total. The molecule has 35 heavy (non-hydrogen) atoms. The van der Waals surface area contributed by atoms with Gasteiger partial charge in [-0.3, -0.25) is 9.59 Å². The third-order valence-electron chi connectivity index (χ3n) is 6.59. The highest BCUT2D eigenvalue weighted by atomic mass is 32.2. The predicted octanol–water partition coefficient (Wildman–Crippen LogP) is 4.70.